The Labute approximate surface area is 102 Å². The Balaban J connectivity index is 2.14. The van der Waals surface area contributed by atoms with E-state index in [1.54, 1.807) is 0 Å². The summed E-state index contributed by atoms with van der Waals surface area (Å²) >= 11 is 0. The number of fused-ring (bicyclic) bond motifs is 1. The second kappa shape index (κ2) is 3.92. The maximum atomic E-state index is 10.8. The minimum absolute atomic E-state index is 0.0467. The van der Waals surface area contributed by atoms with Crippen LogP contribution >= 0.6 is 0 Å². The molecule has 2 heterocycles. The van der Waals surface area contributed by atoms with Gasteiger partial charge in [-0.15, -0.1) is 5.10 Å². The Hall–Kier alpha value is -2.76. The van der Waals surface area contributed by atoms with Gasteiger partial charge < -0.3 is 5.11 Å². The average Bonchev–Trinajstić information content (AvgIpc) is 2.82. The van der Waals surface area contributed by atoms with Crippen LogP contribution in [-0.2, 0) is 0 Å². The molecule has 0 amide bonds. The molecule has 0 saturated heterocycles. The molecule has 88 valence electrons. The number of nitrogens with zero attached hydrogens (tertiary/aromatic N) is 4. The van der Waals surface area contributed by atoms with Crippen LogP contribution in [0.1, 0.15) is 10.5 Å². The van der Waals surface area contributed by atoms with Crippen LogP contribution in [-0.4, -0.2) is 30.7 Å². The van der Waals surface area contributed by atoms with Gasteiger partial charge in [0.1, 0.15) is 0 Å². The fourth-order valence-electron chi connectivity index (χ4n) is 1.61. The summed E-state index contributed by atoms with van der Waals surface area (Å²) in [5, 5.41) is 13.1. The molecule has 0 saturated carbocycles. The van der Waals surface area contributed by atoms with E-state index in [9.17, 15) is 4.79 Å². The number of hydrogen-bond acceptors (Lipinski definition) is 4. The summed E-state index contributed by atoms with van der Waals surface area (Å²) in [5.41, 5.74) is 0.814. The molecule has 0 aliphatic heterocycles. The van der Waals surface area contributed by atoms with E-state index < -0.39 is 5.97 Å². The van der Waals surface area contributed by atoms with Crippen LogP contribution in [0.2, 0.25) is 0 Å². The van der Waals surface area contributed by atoms with Gasteiger partial charge in [0.05, 0.1) is 0 Å². The third kappa shape index (κ3) is 1.69. The summed E-state index contributed by atoms with van der Waals surface area (Å²) in [5.74, 6) is -0.291. The van der Waals surface area contributed by atoms with E-state index in [4.69, 9.17) is 5.11 Å². The molecular formula is C12H8N4O2. The molecule has 1 N–H and O–H groups in total. The normalized spacial score (nSPS) is 10.7. The highest BCUT2D eigenvalue weighted by Gasteiger charge is 2.10. The Morgan fingerprint density at radius 3 is 2.61 bits per heavy atom. The van der Waals surface area contributed by atoms with Crippen molar-refractivity contribution in [2.75, 3.05) is 0 Å². The zero-order chi connectivity index (χ0) is 12.5. The molecule has 0 unspecified atom stereocenters. The molecule has 18 heavy (non-hydrogen) atoms. The van der Waals surface area contributed by atoms with Gasteiger partial charge in [-0.3, -0.25) is 0 Å². The fourth-order valence-corrected chi connectivity index (χ4v) is 1.61. The SMILES string of the molecule is O=C(O)c1ccn2nc(-c3ccccc3)nc2n1. The highest BCUT2D eigenvalue weighted by atomic mass is 16.4. The number of rotatable bonds is 2. The van der Waals surface area contributed by atoms with Crippen LogP contribution in [0.4, 0.5) is 0 Å². The molecule has 0 bridgehead atoms. The van der Waals surface area contributed by atoms with Gasteiger partial charge in [0, 0.05) is 11.8 Å². The Morgan fingerprint density at radius 1 is 1.11 bits per heavy atom. The van der Waals surface area contributed by atoms with E-state index in [0.717, 1.165) is 5.56 Å². The molecule has 0 radical (unpaired) electrons. The van der Waals surface area contributed by atoms with Crippen molar-refractivity contribution in [2.24, 2.45) is 0 Å². The first-order valence-corrected chi connectivity index (χ1v) is 5.26. The second-order valence-corrected chi connectivity index (χ2v) is 3.66. The molecule has 0 atom stereocenters. The molecule has 0 fully saturated rings. The largest absolute Gasteiger partial charge is 0.477 e. The van der Waals surface area contributed by atoms with Gasteiger partial charge in [0.15, 0.2) is 11.5 Å². The zero-order valence-electron chi connectivity index (χ0n) is 9.19. The number of aromatic nitrogens is 4. The van der Waals surface area contributed by atoms with E-state index in [2.05, 4.69) is 15.1 Å². The standard InChI is InChI=1S/C12H8N4O2/c17-11(18)9-6-7-16-12(13-9)14-10(15-16)8-4-2-1-3-5-8/h1-7H,(H,17,18). The topological polar surface area (TPSA) is 80.4 Å². The fraction of sp³-hybridized carbons (Fsp3) is 0. The lowest BCUT2D eigenvalue weighted by Crippen LogP contribution is -2.02. The van der Waals surface area contributed by atoms with E-state index in [-0.39, 0.29) is 11.5 Å². The number of carboxylic acid groups (broad SMARTS) is 1. The summed E-state index contributed by atoms with van der Waals surface area (Å²) in [7, 11) is 0. The van der Waals surface area contributed by atoms with Crippen molar-refractivity contribution in [3.63, 3.8) is 0 Å². The van der Waals surface area contributed by atoms with Crippen LogP contribution in [0.3, 0.4) is 0 Å². The van der Waals surface area contributed by atoms with Gasteiger partial charge in [-0.2, -0.15) is 4.98 Å². The molecule has 2 aromatic heterocycles. The second-order valence-electron chi connectivity index (χ2n) is 3.66. The third-order valence-electron chi connectivity index (χ3n) is 2.46. The highest BCUT2D eigenvalue weighted by molar-refractivity contribution is 5.85. The van der Waals surface area contributed by atoms with Gasteiger partial charge in [0.25, 0.3) is 5.78 Å². The van der Waals surface area contributed by atoms with Crippen molar-refractivity contribution in [3.05, 3.63) is 48.3 Å². The molecule has 6 heteroatoms. The molecule has 0 aliphatic rings. The predicted molar refractivity (Wildman–Crippen MR) is 63.2 cm³/mol. The maximum Gasteiger partial charge on any atom is 0.354 e. The summed E-state index contributed by atoms with van der Waals surface area (Å²) in [6.45, 7) is 0. The van der Waals surface area contributed by atoms with Crippen molar-refractivity contribution in [1.82, 2.24) is 19.6 Å². The molecule has 3 rings (SSSR count). The van der Waals surface area contributed by atoms with Crippen LogP contribution in [0, 0.1) is 0 Å². The van der Waals surface area contributed by atoms with E-state index in [1.165, 1.54) is 16.8 Å². The van der Waals surface area contributed by atoms with Gasteiger partial charge >= 0.3 is 5.97 Å². The predicted octanol–water partition coefficient (Wildman–Crippen LogP) is 1.49. The van der Waals surface area contributed by atoms with Gasteiger partial charge in [-0.05, 0) is 6.07 Å². The Kier molecular flexibility index (Phi) is 2.26. The summed E-state index contributed by atoms with van der Waals surface area (Å²) in [6.07, 6.45) is 1.53. The minimum atomic E-state index is -1.08. The quantitative estimate of drug-likeness (QED) is 0.734. The van der Waals surface area contributed by atoms with E-state index in [0.29, 0.717) is 5.82 Å². The number of hydrogen-bond donors (Lipinski definition) is 1. The molecule has 6 nitrogen and oxygen atoms in total. The van der Waals surface area contributed by atoms with Crippen molar-refractivity contribution in [1.29, 1.82) is 0 Å². The van der Waals surface area contributed by atoms with E-state index >= 15 is 0 Å². The van der Waals surface area contributed by atoms with Crippen LogP contribution in [0.5, 0.6) is 0 Å². The number of benzene rings is 1. The Bertz CT molecular complexity index is 721. The van der Waals surface area contributed by atoms with Crippen LogP contribution in [0.25, 0.3) is 17.2 Å². The first kappa shape index (κ1) is 10.4. The molecule has 3 aromatic rings. The van der Waals surface area contributed by atoms with Crippen molar-refractivity contribution in [3.8, 4) is 11.4 Å². The summed E-state index contributed by atoms with van der Waals surface area (Å²) in [4.78, 5) is 18.9. The summed E-state index contributed by atoms with van der Waals surface area (Å²) in [6, 6.07) is 10.8. The average molecular weight is 240 g/mol. The van der Waals surface area contributed by atoms with Crippen molar-refractivity contribution >= 4 is 11.7 Å². The highest BCUT2D eigenvalue weighted by Crippen LogP contribution is 2.14. The van der Waals surface area contributed by atoms with Crippen molar-refractivity contribution in [2.45, 2.75) is 0 Å². The van der Waals surface area contributed by atoms with Gasteiger partial charge in [0.2, 0.25) is 0 Å². The molecule has 1 aromatic carbocycles. The third-order valence-corrected chi connectivity index (χ3v) is 2.46. The zero-order valence-corrected chi connectivity index (χ0v) is 9.19. The lowest BCUT2D eigenvalue weighted by Gasteiger charge is -1.92. The lowest BCUT2D eigenvalue weighted by molar-refractivity contribution is 0.0690. The van der Waals surface area contributed by atoms with Crippen LogP contribution in [0.15, 0.2) is 42.6 Å². The number of aromatic carboxylic acids is 1. The van der Waals surface area contributed by atoms with E-state index in [1.807, 2.05) is 30.3 Å². The summed E-state index contributed by atoms with van der Waals surface area (Å²) < 4.78 is 1.45. The molecular weight excluding hydrogens is 232 g/mol. The smallest absolute Gasteiger partial charge is 0.354 e. The monoisotopic (exact) mass is 240 g/mol. The lowest BCUT2D eigenvalue weighted by atomic mass is 10.2. The number of carboxylic acids is 1. The molecule has 0 spiro atoms. The van der Waals surface area contributed by atoms with Crippen molar-refractivity contribution < 1.29 is 9.90 Å². The maximum absolute atomic E-state index is 10.8. The number of carbonyl (C=O) groups is 1. The Morgan fingerprint density at radius 2 is 1.89 bits per heavy atom. The first-order chi connectivity index (χ1) is 8.74. The van der Waals surface area contributed by atoms with Gasteiger partial charge in [-0.25, -0.2) is 14.3 Å². The van der Waals surface area contributed by atoms with Gasteiger partial charge in [-0.1, -0.05) is 30.3 Å². The molecule has 0 aliphatic carbocycles. The first-order valence-electron chi connectivity index (χ1n) is 5.26. The minimum Gasteiger partial charge on any atom is -0.477 e. The van der Waals surface area contributed by atoms with Crippen LogP contribution < -0.4 is 0 Å².